The second-order valence-electron chi connectivity index (χ2n) is 4.33. The minimum atomic E-state index is 0.248. The first kappa shape index (κ1) is 12.8. The summed E-state index contributed by atoms with van der Waals surface area (Å²) in [5.74, 6) is 0.811. The Hall–Kier alpha value is -1.61. The molecule has 0 fully saturated rings. The van der Waals surface area contributed by atoms with Gasteiger partial charge >= 0.3 is 0 Å². The van der Waals surface area contributed by atoms with E-state index in [2.05, 4.69) is 16.0 Å². The Morgan fingerprint density at radius 3 is 2.50 bits per heavy atom. The van der Waals surface area contributed by atoms with Crippen molar-refractivity contribution in [1.29, 1.82) is 0 Å². The smallest absolute Gasteiger partial charge is 0.222 e. The first-order valence-electron chi connectivity index (χ1n) is 5.67. The minimum absolute atomic E-state index is 0.248. The Morgan fingerprint density at radius 2 is 1.83 bits per heavy atom. The molecule has 1 heterocycles. The molecule has 0 amide bonds. The number of hydrogen-bond donors (Lipinski definition) is 0. The first-order valence-corrected chi connectivity index (χ1v) is 6.05. The summed E-state index contributed by atoms with van der Waals surface area (Å²) < 4.78 is 5.45. The lowest BCUT2D eigenvalue weighted by Gasteiger charge is -2.14. The molecule has 0 unspecified atom stereocenters. The minimum Gasteiger partial charge on any atom is -0.496 e. The quantitative estimate of drug-likeness (QED) is 0.774. The molecule has 94 valence electrons. The van der Waals surface area contributed by atoms with Gasteiger partial charge < -0.3 is 4.74 Å². The molecule has 4 heteroatoms. The van der Waals surface area contributed by atoms with Gasteiger partial charge in [0, 0.05) is 11.8 Å². The highest BCUT2D eigenvalue weighted by molar-refractivity contribution is 6.28. The molecule has 1 aromatic carbocycles. The maximum absolute atomic E-state index is 5.88. The molecule has 0 atom stereocenters. The van der Waals surface area contributed by atoms with Crippen molar-refractivity contribution < 1.29 is 4.74 Å². The number of aryl methyl sites for hydroxylation is 3. The molecule has 0 saturated carbocycles. The number of methoxy groups -OCH3 is 1. The summed E-state index contributed by atoms with van der Waals surface area (Å²) in [5, 5.41) is 0.248. The van der Waals surface area contributed by atoms with Gasteiger partial charge in [-0.05, 0) is 55.1 Å². The molecule has 0 bridgehead atoms. The van der Waals surface area contributed by atoms with E-state index in [1.807, 2.05) is 26.8 Å². The molecule has 3 nitrogen and oxygen atoms in total. The predicted octanol–water partition coefficient (Wildman–Crippen LogP) is 3.73. The van der Waals surface area contributed by atoms with Crippen LogP contribution in [0.15, 0.2) is 18.3 Å². The van der Waals surface area contributed by atoms with E-state index in [1.54, 1.807) is 13.3 Å². The number of rotatable bonds is 2. The van der Waals surface area contributed by atoms with E-state index >= 15 is 0 Å². The number of nitrogens with zero attached hydrogens (tertiary/aromatic N) is 2. The zero-order chi connectivity index (χ0) is 13.3. The molecule has 1 aromatic heterocycles. The van der Waals surface area contributed by atoms with Crippen molar-refractivity contribution in [2.24, 2.45) is 0 Å². The van der Waals surface area contributed by atoms with Gasteiger partial charge in [0.25, 0.3) is 0 Å². The molecular formula is C14H15ClN2O. The van der Waals surface area contributed by atoms with E-state index in [0.29, 0.717) is 0 Å². The van der Waals surface area contributed by atoms with Crippen LogP contribution in [0.3, 0.4) is 0 Å². The Labute approximate surface area is 112 Å². The summed E-state index contributed by atoms with van der Waals surface area (Å²) in [6.45, 7) is 6.05. The van der Waals surface area contributed by atoms with Gasteiger partial charge in [0.1, 0.15) is 5.75 Å². The average Bonchev–Trinajstić information content (AvgIpc) is 2.32. The number of aromatic nitrogens is 2. The van der Waals surface area contributed by atoms with Crippen LogP contribution in [0, 0.1) is 20.8 Å². The zero-order valence-corrected chi connectivity index (χ0v) is 11.7. The summed E-state index contributed by atoms with van der Waals surface area (Å²) in [6, 6.07) is 4.10. The number of ether oxygens (including phenoxy) is 1. The van der Waals surface area contributed by atoms with Crippen LogP contribution in [-0.4, -0.2) is 17.1 Å². The van der Waals surface area contributed by atoms with Crippen molar-refractivity contribution in [2.75, 3.05) is 7.11 Å². The molecule has 2 rings (SSSR count). The topological polar surface area (TPSA) is 35.0 Å². The molecule has 0 radical (unpaired) electrons. The highest BCUT2D eigenvalue weighted by Gasteiger charge is 2.14. The summed E-state index contributed by atoms with van der Waals surface area (Å²) in [7, 11) is 1.66. The van der Waals surface area contributed by atoms with Crippen LogP contribution in [0.4, 0.5) is 0 Å². The van der Waals surface area contributed by atoms with E-state index < -0.39 is 0 Å². The van der Waals surface area contributed by atoms with Crippen molar-refractivity contribution in [3.05, 3.63) is 40.3 Å². The fourth-order valence-electron chi connectivity index (χ4n) is 2.07. The van der Waals surface area contributed by atoms with Crippen LogP contribution in [0.2, 0.25) is 5.28 Å². The van der Waals surface area contributed by atoms with E-state index in [-0.39, 0.29) is 5.28 Å². The zero-order valence-electron chi connectivity index (χ0n) is 10.9. The summed E-state index contributed by atoms with van der Waals surface area (Å²) in [6.07, 6.45) is 1.73. The first-order chi connectivity index (χ1) is 8.52. The molecule has 0 aliphatic carbocycles. The van der Waals surface area contributed by atoms with E-state index in [0.717, 1.165) is 33.7 Å². The average molecular weight is 263 g/mol. The summed E-state index contributed by atoms with van der Waals surface area (Å²) in [4.78, 5) is 8.30. The van der Waals surface area contributed by atoms with Crippen LogP contribution in [0.5, 0.6) is 5.75 Å². The van der Waals surface area contributed by atoms with Gasteiger partial charge in [-0.2, -0.15) is 0 Å². The maximum Gasteiger partial charge on any atom is 0.222 e. The van der Waals surface area contributed by atoms with Gasteiger partial charge in [0.05, 0.1) is 12.8 Å². The number of benzene rings is 1. The second kappa shape index (κ2) is 4.94. The van der Waals surface area contributed by atoms with Gasteiger partial charge in [0.15, 0.2) is 0 Å². The number of halogens is 1. The van der Waals surface area contributed by atoms with E-state index in [4.69, 9.17) is 16.3 Å². The summed E-state index contributed by atoms with van der Waals surface area (Å²) >= 11 is 5.88. The molecule has 0 spiro atoms. The van der Waals surface area contributed by atoms with Crippen LogP contribution >= 0.6 is 11.6 Å². The van der Waals surface area contributed by atoms with Crippen LogP contribution in [0.25, 0.3) is 11.3 Å². The third kappa shape index (κ3) is 2.31. The lowest BCUT2D eigenvalue weighted by molar-refractivity contribution is 0.415. The predicted molar refractivity (Wildman–Crippen MR) is 73.2 cm³/mol. The highest BCUT2D eigenvalue weighted by atomic mass is 35.5. The Kier molecular flexibility index (Phi) is 3.53. The Bertz CT molecular complexity index is 597. The van der Waals surface area contributed by atoms with Crippen molar-refractivity contribution in [3.63, 3.8) is 0 Å². The van der Waals surface area contributed by atoms with Crippen molar-refractivity contribution in [3.8, 4) is 17.0 Å². The summed E-state index contributed by atoms with van der Waals surface area (Å²) in [5.41, 5.74) is 5.05. The molecule has 0 aliphatic heterocycles. The van der Waals surface area contributed by atoms with E-state index in [1.165, 1.54) is 0 Å². The fraction of sp³-hybridized carbons (Fsp3) is 0.286. The number of hydrogen-bond acceptors (Lipinski definition) is 3. The van der Waals surface area contributed by atoms with Crippen molar-refractivity contribution in [2.45, 2.75) is 20.8 Å². The molecule has 2 aromatic rings. The van der Waals surface area contributed by atoms with Gasteiger partial charge in [-0.15, -0.1) is 0 Å². The monoisotopic (exact) mass is 262 g/mol. The Balaban J connectivity index is 2.74. The molecule has 0 saturated heterocycles. The van der Waals surface area contributed by atoms with Gasteiger partial charge in [-0.1, -0.05) is 6.07 Å². The molecule has 0 aliphatic rings. The van der Waals surface area contributed by atoms with Crippen LogP contribution < -0.4 is 4.74 Å². The lowest BCUT2D eigenvalue weighted by atomic mass is 9.99. The van der Waals surface area contributed by atoms with Gasteiger partial charge in [0.2, 0.25) is 5.28 Å². The highest BCUT2D eigenvalue weighted by Crippen LogP contribution is 2.35. The fourth-order valence-corrected chi connectivity index (χ4v) is 2.20. The Morgan fingerprint density at radius 1 is 1.11 bits per heavy atom. The lowest BCUT2D eigenvalue weighted by Crippen LogP contribution is -1.98. The third-order valence-electron chi connectivity index (χ3n) is 2.84. The molecule has 0 N–H and O–H groups in total. The van der Waals surface area contributed by atoms with Gasteiger partial charge in [-0.25, -0.2) is 9.97 Å². The largest absolute Gasteiger partial charge is 0.496 e. The van der Waals surface area contributed by atoms with Crippen molar-refractivity contribution in [1.82, 2.24) is 9.97 Å². The second-order valence-corrected chi connectivity index (χ2v) is 4.67. The standard InChI is InChI=1S/C14H15ClN2O/c1-8-5-9(2)12(11(6-8)18-4)13-10(3)7-16-14(15)17-13/h5-7H,1-4H3. The van der Waals surface area contributed by atoms with E-state index in [9.17, 15) is 0 Å². The van der Waals surface area contributed by atoms with Crippen molar-refractivity contribution >= 4 is 11.6 Å². The van der Waals surface area contributed by atoms with Crippen LogP contribution in [0.1, 0.15) is 16.7 Å². The molecular weight excluding hydrogens is 248 g/mol. The van der Waals surface area contributed by atoms with Gasteiger partial charge in [-0.3, -0.25) is 0 Å². The normalized spacial score (nSPS) is 10.5. The molecule has 18 heavy (non-hydrogen) atoms. The maximum atomic E-state index is 5.88. The SMILES string of the molecule is COc1cc(C)cc(C)c1-c1nc(Cl)ncc1C. The third-order valence-corrected chi connectivity index (χ3v) is 3.02. The van der Waals surface area contributed by atoms with Crippen LogP contribution in [-0.2, 0) is 0 Å².